The summed E-state index contributed by atoms with van der Waals surface area (Å²) in [5, 5.41) is 0. The lowest BCUT2D eigenvalue weighted by Crippen LogP contribution is -2.22. The summed E-state index contributed by atoms with van der Waals surface area (Å²) in [6.45, 7) is 8.65. The van der Waals surface area contributed by atoms with Crippen LogP contribution in [-0.4, -0.2) is 5.78 Å². The van der Waals surface area contributed by atoms with Crippen LogP contribution in [0.4, 0.5) is 0 Å². The molecule has 0 saturated carbocycles. The second kappa shape index (κ2) is 5.24. The number of Topliss-reactive ketones (excluding diaryl/α,β-unsaturated/α-hetero) is 1. The van der Waals surface area contributed by atoms with Gasteiger partial charge in [-0.2, -0.15) is 0 Å². The van der Waals surface area contributed by atoms with Gasteiger partial charge in [0.25, 0.3) is 0 Å². The largest absolute Gasteiger partial charge is 0.294 e. The Bertz CT molecular complexity index is 772. The Morgan fingerprint density at radius 2 is 1.45 bits per heavy atom. The predicted octanol–water partition coefficient (Wildman–Crippen LogP) is 5.08. The number of fused-ring (bicyclic) bond motifs is 1. The van der Waals surface area contributed by atoms with E-state index in [0.29, 0.717) is 6.42 Å². The molecule has 1 heteroatoms. The van der Waals surface area contributed by atoms with Gasteiger partial charge in [-0.1, -0.05) is 69.3 Å². The first-order valence-electron chi connectivity index (χ1n) is 7.82. The Kier molecular flexibility index (Phi) is 3.52. The van der Waals surface area contributed by atoms with E-state index in [4.69, 9.17) is 0 Å². The second-order valence-electron chi connectivity index (χ2n) is 7.07. The summed E-state index contributed by atoms with van der Waals surface area (Å²) in [6, 6.07) is 16.5. The van der Waals surface area contributed by atoms with Gasteiger partial charge in [0.2, 0.25) is 0 Å². The Morgan fingerprint density at radius 1 is 0.864 bits per heavy atom. The number of carbonyl (C=O) groups excluding carboxylic acids is 1. The zero-order chi connectivity index (χ0) is 15.9. The molecular formula is C21H22O. The summed E-state index contributed by atoms with van der Waals surface area (Å²) in [5.41, 5.74) is 6.61. The van der Waals surface area contributed by atoms with E-state index in [-0.39, 0.29) is 11.2 Å². The van der Waals surface area contributed by atoms with E-state index in [9.17, 15) is 4.79 Å². The van der Waals surface area contributed by atoms with Crippen molar-refractivity contribution in [2.45, 2.75) is 34.1 Å². The van der Waals surface area contributed by atoms with Crippen molar-refractivity contribution >= 4 is 16.9 Å². The second-order valence-corrected chi connectivity index (χ2v) is 7.07. The summed E-state index contributed by atoms with van der Waals surface area (Å²) in [4.78, 5) is 12.9. The first kappa shape index (κ1) is 14.8. The zero-order valence-electron chi connectivity index (χ0n) is 13.7. The number of hydrogen-bond acceptors (Lipinski definition) is 1. The normalized spacial score (nSPS) is 15.0. The van der Waals surface area contributed by atoms with Crippen LogP contribution in [0.3, 0.4) is 0 Å². The number of carbonyl (C=O) groups is 1. The Labute approximate surface area is 132 Å². The molecule has 0 fully saturated rings. The maximum Gasteiger partial charge on any atom is 0.168 e. The summed E-state index contributed by atoms with van der Waals surface area (Å²) in [5.74, 6) is 0.234. The minimum atomic E-state index is -0.0796. The first-order valence-corrected chi connectivity index (χ1v) is 7.82. The van der Waals surface area contributed by atoms with Gasteiger partial charge in [-0.3, -0.25) is 4.79 Å². The van der Waals surface area contributed by atoms with Crippen molar-refractivity contribution < 1.29 is 4.79 Å². The number of rotatable bonds is 1. The smallest absolute Gasteiger partial charge is 0.168 e. The lowest BCUT2D eigenvalue weighted by Gasteiger charge is -2.32. The topological polar surface area (TPSA) is 17.1 Å². The maximum atomic E-state index is 12.9. The monoisotopic (exact) mass is 290 g/mol. The third-order valence-electron chi connectivity index (χ3n) is 4.33. The number of hydrogen-bond donors (Lipinski definition) is 0. The number of benzene rings is 2. The molecule has 3 rings (SSSR count). The third kappa shape index (κ3) is 2.41. The minimum absolute atomic E-state index is 0.0796. The molecule has 1 aliphatic carbocycles. The van der Waals surface area contributed by atoms with E-state index in [1.807, 2.05) is 18.2 Å². The minimum Gasteiger partial charge on any atom is -0.294 e. The van der Waals surface area contributed by atoms with Crippen LogP contribution in [0, 0.1) is 12.3 Å². The highest BCUT2D eigenvalue weighted by molar-refractivity contribution is 6.31. The molecular weight excluding hydrogens is 268 g/mol. The summed E-state index contributed by atoms with van der Waals surface area (Å²) in [7, 11) is 0. The summed E-state index contributed by atoms with van der Waals surface area (Å²) < 4.78 is 0. The van der Waals surface area contributed by atoms with E-state index in [1.165, 1.54) is 11.1 Å². The molecule has 22 heavy (non-hydrogen) atoms. The van der Waals surface area contributed by atoms with Gasteiger partial charge in [-0.15, -0.1) is 0 Å². The van der Waals surface area contributed by atoms with Crippen molar-refractivity contribution in [3.63, 3.8) is 0 Å². The first-order chi connectivity index (χ1) is 10.4. The molecule has 0 bridgehead atoms. The van der Waals surface area contributed by atoms with Crippen molar-refractivity contribution in [3.05, 3.63) is 70.8 Å². The van der Waals surface area contributed by atoms with Gasteiger partial charge >= 0.3 is 0 Å². The van der Waals surface area contributed by atoms with Gasteiger partial charge in [0.1, 0.15) is 0 Å². The van der Waals surface area contributed by atoms with Crippen LogP contribution < -0.4 is 0 Å². The molecule has 1 nitrogen and oxygen atoms in total. The van der Waals surface area contributed by atoms with Crippen LogP contribution in [0.2, 0.25) is 0 Å². The van der Waals surface area contributed by atoms with Crippen LogP contribution in [-0.2, 0) is 11.2 Å². The van der Waals surface area contributed by atoms with Crippen molar-refractivity contribution in [3.8, 4) is 0 Å². The lowest BCUT2D eigenvalue weighted by atomic mass is 9.71. The van der Waals surface area contributed by atoms with Gasteiger partial charge in [0.15, 0.2) is 5.78 Å². The Hall–Kier alpha value is -2.15. The molecule has 2 aromatic rings. The average molecular weight is 290 g/mol. The van der Waals surface area contributed by atoms with E-state index in [1.54, 1.807) is 0 Å². The van der Waals surface area contributed by atoms with E-state index < -0.39 is 0 Å². The van der Waals surface area contributed by atoms with Crippen LogP contribution in [0.1, 0.15) is 43.0 Å². The summed E-state index contributed by atoms with van der Waals surface area (Å²) in [6.07, 6.45) is 0.499. The number of aryl methyl sites for hydroxylation is 1. The molecule has 1 aliphatic rings. The van der Waals surface area contributed by atoms with Gasteiger partial charge < -0.3 is 0 Å². The predicted molar refractivity (Wildman–Crippen MR) is 92.6 cm³/mol. The van der Waals surface area contributed by atoms with Crippen LogP contribution in [0.5, 0.6) is 0 Å². The zero-order valence-corrected chi connectivity index (χ0v) is 13.7. The lowest BCUT2D eigenvalue weighted by molar-refractivity contribution is -0.113. The Balaban J connectivity index is 2.38. The molecule has 112 valence electrons. The van der Waals surface area contributed by atoms with Crippen molar-refractivity contribution in [1.82, 2.24) is 0 Å². The highest BCUT2D eigenvalue weighted by Crippen LogP contribution is 2.45. The standard InChI is InChI=1S/C21H22O/c1-14-9-5-7-11-16(14)19-18(22)13-15-10-6-8-12-17(15)20(19)21(2,3)4/h5-12H,13H2,1-4H3. The van der Waals surface area contributed by atoms with Gasteiger partial charge in [-0.05, 0) is 40.2 Å². The molecule has 0 amide bonds. The molecule has 2 aromatic carbocycles. The van der Waals surface area contributed by atoms with Gasteiger partial charge in [0.05, 0.1) is 0 Å². The fourth-order valence-corrected chi connectivity index (χ4v) is 3.37. The van der Waals surface area contributed by atoms with Gasteiger partial charge in [-0.25, -0.2) is 0 Å². The molecule has 0 aromatic heterocycles. The van der Waals surface area contributed by atoms with Crippen molar-refractivity contribution in [2.75, 3.05) is 0 Å². The quantitative estimate of drug-likeness (QED) is 0.716. The SMILES string of the molecule is Cc1ccccc1C1=C(C(C)(C)C)c2ccccc2CC1=O. The molecule has 0 saturated heterocycles. The Morgan fingerprint density at radius 3 is 2.09 bits per heavy atom. The van der Waals surface area contributed by atoms with Crippen molar-refractivity contribution in [2.24, 2.45) is 5.41 Å². The number of allylic oxidation sites excluding steroid dienone is 2. The fourth-order valence-electron chi connectivity index (χ4n) is 3.37. The highest BCUT2D eigenvalue weighted by Gasteiger charge is 2.32. The molecule has 0 aliphatic heterocycles. The molecule has 0 spiro atoms. The third-order valence-corrected chi connectivity index (χ3v) is 4.33. The van der Waals surface area contributed by atoms with Crippen molar-refractivity contribution in [1.29, 1.82) is 0 Å². The number of ketones is 1. The summed E-state index contributed by atoms with van der Waals surface area (Å²) >= 11 is 0. The molecule has 0 atom stereocenters. The van der Waals surface area contributed by atoms with E-state index in [2.05, 4.69) is 58.0 Å². The molecule has 0 heterocycles. The molecule has 0 N–H and O–H groups in total. The average Bonchev–Trinajstić information content (AvgIpc) is 2.45. The fraction of sp³-hybridized carbons (Fsp3) is 0.286. The maximum absolute atomic E-state index is 12.9. The molecule has 0 unspecified atom stereocenters. The van der Waals surface area contributed by atoms with Gasteiger partial charge in [0, 0.05) is 12.0 Å². The van der Waals surface area contributed by atoms with Crippen LogP contribution >= 0.6 is 0 Å². The van der Waals surface area contributed by atoms with Crippen LogP contribution in [0.15, 0.2) is 48.5 Å². The molecule has 0 radical (unpaired) electrons. The highest BCUT2D eigenvalue weighted by atomic mass is 16.1. The van der Waals surface area contributed by atoms with E-state index in [0.717, 1.165) is 22.3 Å². The van der Waals surface area contributed by atoms with E-state index >= 15 is 0 Å². The van der Waals surface area contributed by atoms with Crippen LogP contribution in [0.25, 0.3) is 11.1 Å².